The van der Waals surface area contributed by atoms with Crippen molar-refractivity contribution in [2.75, 3.05) is 40.9 Å². The van der Waals surface area contributed by atoms with E-state index in [2.05, 4.69) is 5.32 Å². The molecular formula is C14H22N2O3. The molecule has 0 saturated heterocycles. The van der Waals surface area contributed by atoms with E-state index in [-0.39, 0.29) is 6.61 Å². The zero-order chi connectivity index (χ0) is 14.3. The summed E-state index contributed by atoms with van der Waals surface area (Å²) in [6.45, 7) is 1.41. The molecule has 0 heterocycles. The standard InChI is InChI=1S/C14H22N2O3/c1-16(2)10-9-15-14(11-19-3,13(17)18)12-7-5-4-6-8-12/h4-8,15H,9-11H2,1-3H3,(H,17,18). The van der Waals surface area contributed by atoms with E-state index in [1.807, 2.05) is 37.2 Å². The SMILES string of the molecule is COCC(NCCN(C)C)(C(=O)O)c1ccccc1. The smallest absolute Gasteiger partial charge is 0.331 e. The molecule has 0 aliphatic carbocycles. The number of nitrogens with zero attached hydrogens (tertiary/aromatic N) is 1. The molecular weight excluding hydrogens is 244 g/mol. The van der Waals surface area contributed by atoms with Gasteiger partial charge in [0.05, 0.1) is 6.61 Å². The summed E-state index contributed by atoms with van der Waals surface area (Å²) in [7, 11) is 5.40. The minimum atomic E-state index is -1.20. The third-order valence-corrected chi connectivity index (χ3v) is 2.98. The van der Waals surface area contributed by atoms with Gasteiger partial charge >= 0.3 is 5.97 Å². The van der Waals surface area contributed by atoms with E-state index in [0.717, 1.165) is 6.54 Å². The van der Waals surface area contributed by atoms with Crippen LogP contribution in [0.4, 0.5) is 0 Å². The normalized spacial score (nSPS) is 14.3. The highest BCUT2D eigenvalue weighted by atomic mass is 16.5. The monoisotopic (exact) mass is 266 g/mol. The lowest BCUT2D eigenvalue weighted by Crippen LogP contribution is -2.54. The number of carbonyl (C=O) groups is 1. The van der Waals surface area contributed by atoms with Crippen LogP contribution >= 0.6 is 0 Å². The highest BCUT2D eigenvalue weighted by molar-refractivity contribution is 5.81. The van der Waals surface area contributed by atoms with Crippen LogP contribution in [0.15, 0.2) is 30.3 Å². The van der Waals surface area contributed by atoms with E-state index in [4.69, 9.17) is 4.74 Å². The molecule has 5 nitrogen and oxygen atoms in total. The predicted octanol–water partition coefficient (Wildman–Crippen LogP) is 0.764. The van der Waals surface area contributed by atoms with Gasteiger partial charge in [0.15, 0.2) is 5.54 Å². The molecule has 0 spiro atoms. The Morgan fingerprint density at radius 2 is 2.00 bits per heavy atom. The van der Waals surface area contributed by atoms with Crippen LogP contribution in [0.3, 0.4) is 0 Å². The molecule has 5 heteroatoms. The fraction of sp³-hybridized carbons (Fsp3) is 0.500. The van der Waals surface area contributed by atoms with Crippen LogP contribution < -0.4 is 5.32 Å². The number of aliphatic carboxylic acids is 1. The Morgan fingerprint density at radius 1 is 1.37 bits per heavy atom. The highest BCUT2D eigenvalue weighted by Crippen LogP contribution is 2.22. The molecule has 1 unspecified atom stereocenters. The molecule has 0 radical (unpaired) electrons. The molecule has 19 heavy (non-hydrogen) atoms. The van der Waals surface area contributed by atoms with Crippen molar-refractivity contribution < 1.29 is 14.6 Å². The number of ether oxygens (including phenoxy) is 1. The second kappa shape index (κ2) is 7.23. The molecule has 0 fully saturated rings. The molecule has 1 atom stereocenters. The van der Waals surface area contributed by atoms with Crippen molar-refractivity contribution in [3.63, 3.8) is 0 Å². The molecule has 0 amide bonds. The Bertz CT molecular complexity index is 395. The Kier molecular flexibility index (Phi) is 5.95. The highest BCUT2D eigenvalue weighted by Gasteiger charge is 2.40. The molecule has 1 rings (SSSR count). The minimum absolute atomic E-state index is 0.0831. The van der Waals surface area contributed by atoms with Crippen LogP contribution in [0.1, 0.15) is 5.56 Å². The van der Waals surface area contributed by atoms with Gasteiger partial charge in [-0.2, -0.15) is 0 Å². The van der Waals surface area contributed by atoms with Crippen molar-refractivity contribution >= 4 is 5.97 Å². The molecule has 0 saturated carbocycles. The van der Waals surface area contributed by atoms with Crippen LogP contribution in [0.25, 0.3) is 0 Å². The summed E-state index contributed by atoms with van der Waals surface area (Å²) >= 11 is 0. The topological polar surface area (TPSA) is 61.8 Å². The van der Waals surface area contributed by atoms with E-state index < -0.39 is 11.5 Å². The summed E-state index contributed by atoms with van der Waals surface area (Å²) in [6.07, 6.45) is 0. The van der Waals surface area contributed by atoms with E-state index in [9.17, 15) is 9.90 Å². The maximum atomic E-state index is 11.7. The van der Waals surface area contributed by atoms with Crippen LogP contribution in [-0.4, -0.2) is 56.9 Å². The molecule has 0 aliphatic rings. The van der Waals surface area contributed by atoms with Gasteiger partial charge < -0.3 is 14.7 Å². The average molecular weight is 266 g/mol. The first kappa shape index (κ1) is 15.6. The summed E-state index contributed by atoms with van der Waals surface area (Å²) in [5, 5.41) is 12.7. The Hall–Kier alpha value is -1.43. The van der Waals surface area contributed by atoms with Gasteiger partial charge in [-0.15, -0.1) is 0 Å². The maximum absolute atomic E-state index is 11.7. The van der Waals surface area contributed by atoms with Crippen LogP contribution in [0.2, 0.25) is 0 Å². The first-order valence-electron chi connectivity index (χ1n) is 6.20. The second-order valence-corrected chi connectivity index (χ2v) is 4.74. The summed E-state index contributed by atoms with van der Waals surface area (Å²) in [5.74, 6) is -0.931. The number of benzene rings is 1. The van der Waals surface area contributed by atoms with Gasteiger partial charge in [0.1, 0.15) is 0 Å². The lowest BCUT2D eigenvalue weighted by molar-refractivity contribution is -0.148. The Balaban J connectivity index is 2.97. The van der Waals surface area contributed by atoms with Crippen molar-refractivity contribution in [2.24, 2.45) is 0 Å². The lowest BCUT2D eigenvalue weighted by atomic mass is 9.90. The zero-order valence-electron chi connectivity index (χ0n) is 11.7. The molecule has 0 bridgehead atoms. The van der Waals surface area contributed by atoms with Gasteiger partial charge in [-0.05, 0) is 19.7 Å². The van der Waals surface area contributed by atoms with E-state index in [1.165, 1.54) is 7.11 Å². The van der Waals surface area contributed by atoms with Gasteiger partial charge in [-0.25, -0.2) is 4.79 Å². The third kappa shape index (κ3) is 4.02. The van der Waals surface area contributed by atoms with Crippen molar-refractivity contribution in [1.82, 2.24) is 10.2 Å². The second-order valence-electron chi connectivity index (χ2n) is 4.74. The molecule has 1 aromatic carbocycles. The first-order valence-corrected chi connectivity index (χ1v) is 6.20. The number of carboxylic acids is 1. The number of carboxylic acid groups (broad SMARTS) is 1. The predicted molar refractivity (Wildman–Crippen MR) is 74.2 cm³/mol. The van der Waals surface area contributed by atoms with Crippen molar-refractivity contribution in [3.05, 3.63) is 35.9 Å². The fourth-order valence-corrected chi connectivity index (χ4v) is 1.93. The minimum Gasteiger partial charge on any atom is -0.480 e. The average Bonchev–Trinajstić information content (AvgIpc) is 2.38. The Labute approximate surface area is 114 Å². The summed E-state index contributed by atoms with van der Waals surface area (Å²) in [6, 6.07) is 9.13. The maximum Gasteiger partial charge on any atom is 0.331 e. The first-order chi connectivity index (χ1) is 9.03. The number of likely N-dealkylation sites (N-methyl/N-ethyl adjacent to an activating group) is 1. The number of methoxy groups -OCH3 is 1. The van der Waals surface area contributed by atoms with Crippen LogP contribution in [-0.2, 0) is 15.1 Å². The van der Waals surface area contributed by atoms with Crippen LogP contribution in [0.5, 0.6) is 0 Å². The summed E-state index contributed by atoms with van der Waals surface area (Å²) < 4.78 is 5.12. The fourth-order valence-electron chi connectivity index (χ4n) is 1.93. The molecule has 2 N–H and O–H groups in total. The van der Waals surface area contributed by atoms with Gasteiger partial charge in [-0.1, -0.05) is 30.3 Å². The van der Waals surface area contributed by atoms with Crippen molar-refractivity contribution in [1.29, 1.82) is 0 Å². The largest absolute Gasteiger partial charge is 0.480 e. The molecule has 0 aromatic heterocycles. The van der Waals surface area contributed by atoms with E-state index >= 15 is 0 Å². The molecule has 1 aromatic rings. The van der Waals surface area contributed by atoms with Crippen molar-refractivity contribution in [2.45, 2.75) is 5.54 Å². The van der Waals surface area contributed by atoms with E-state index in [0.29, 0.717) is 12.1 Å². The number of rotatable bonds is 8. The quantitative estimate of drug-likeness (QED) is 0.727. The number of hydrogen-bond donors (Lipinski definition) is 2. The Morgan fingerprint density at radius 3 is 2.47 bits per heavy atom. The van der Waals surface area contributed by atoms with Gasteiger partial charge in [0, 0.05) is 20.2 Å². The van der Waals surface area contributed by atoms with Crippen molar-refractivity contribution in [3.8, 4) is 0 Å². The third-order valence-electron chi connectivity index (χ3n) is 2.98. The molecule has 0 aliphatic heterocycles. The van der Waals surface area contributed by atoms with Gasteiger partial charge in [0.25, 0.3) is 0 Å². The number of hydrogen-bond acceptors (Lipinski definition) is 4. The summed E-state index contributed by atoms with van der Waals surface area (Å²) in [4.78, 5) is 13.7. The van der Waals surface area contributed by atoms with E-state index in [1.54, 1.807) is 12.1 Å². The summed E-state index contributed by atoms with van der Waals surface area (Å²) in [5.41, 5.74) is -0.505. The zero-order valence-corrected chi connectivity index (χ0v) is 11.7. The van der Waals surface area contributed by atoms with Gasteiger partial charge in [-0.3, -0.25) is 5.32 Å². The number of nitrogens with one attached hydrogen (secondary N) is 1. The lowest BCUT2D eigenvalue weighted by Gasteiger charge is -2.31. The van der Waals surface area contributed by atoms with Crippen LogP contribution in [0, 0.1) is 0 Å². The van der Waals surface area contributed by atoms with Gasteiger partial charge in [0.2, 0.25) is 0 Å². The molecule has 106 valence electrons.